The van der Waals surface area contributed by atoms with Crippen LogP contribution in [0.5, 0.6) is 5.75 Å². The highest BCUT2D eigenvalue weighted by atomic mass is 19.1. The van der Waals surface area contributed by atoms with Crippen LogP contribution in [-0.4, -0.2) is 0 Å². The summed E-state index contributed by atoms with van der Waals surface area (Å²) in [7, 11) is 0. The SMILES string of the molecule is Cc1cc(COc2cccc(F)c2)ccc1N. The minimum atomic E-state index is -0.295. The second-order valence-corrected chi connectivity index (χ2v) is 3.94. The Morgan fingerprint density at radius 1 is 1.18 bits per heavy atom. The van der Waals surface area contributed by atoms with Gasteiger partial charge in [-0.1, -0.05) is 18.2 Å². The molecule has 0 aliphatic heterocycles. The highest BCUT2D eigenvalue weighted by Gasteiger charge is 1.99. The predicted molar refractivity (Wildman–Crippen MR) is 66.3 cm³/mol. The zero-order valence-corrected chi connectivity index (χ0v) is 9.61. The van der Waals surface area contributed by atoms with Crippen LogP contribution in [0.2, 0.25) is 0 Å². The fourth-order valence-corrected chi connectivity index (χ4v) is 1.55. The van der Waals surface area contributed by atoms with Gasteiger partial charge in [-0.3, -0.25) is 0 Å². The summed E-state index contributed by atoms with van der Waals surface area (Å²) in [6, 6.07) is 11.8. The Morgan fingerprint density at radius 3 is 2.71 bits per heavy atom. The van der Waals surface area contributed by atoms with Crippen molar-refractivity contribution in [1.29, 1.82) is 0 Å². The Hall–Kier alpha value is -2.03. The maximum Gasteiger partial charge on any atom is 0.126 e. The summed E-state index contributed by atoms with van der Waals surface area (Å²) in [4.78, 5) is 0. The molecule has 0 heterocycles. The van der Waals surface area contributed by atoms with E-state index in [0.717, 1.165) is 16.8 Å². The van der Waals surface area contributed by atoms with Gasteiger partial charge in [-0.2, -0.15) is 0 Å². The average molecular weight is 231 g/mol. The summed E-state index contributed by atoms with van der Waals surface area (Å²) in [5, 5.41) is 0. The van der Waals surface area contributed by atoms with Crippen molar-refractivity contribution >= 4 is 5.69 Å². The van der Waals surface area contributed by atoms with Crippen LogP contribution in [0, 0.1) is 12.7 Å². The molecule has 88 valence electrons. The first-order valence-electron chi connectivity index (χ1n) is 5.38. The number of benzene rings is 2. The zero-order valence-electron chi connectivity index (χ0n) is 9.61. The first-order valence-corrected chi connectivity index (χ1v) is 5.38. The smallest absolute Gasteiger partial charge is 0.126 e. The van der Waals surface area contributed by atoms with Crippen LogP contribution in [0.1, 0.15) is 11.1 Å². The van der Waals surface area contributed by atoms with E-state index in [1.165, 1.54) is 12.1 Å². The van der Waals surface area contributed by atoms with Gasteiger partial charge in [0, 0.05) is 11.8 Å². The summed E-state index contributed by atoms with van der Waals surface area (Å²) >= 11 is 0. The molecule has 2 aromatic carbocycles. The number of hydrogen-bond donors (Lipinski definition) is 1. The van der Waals surface area contributed by atoms with Crippen LogP contribution in [0.3, 0.4) is 0 Å². The van der Waals surface area contributed by atoms with Gasteiger partial charge in [0.25, 0.3) is 0 Å². The molecule has 2 nitrogen and oxygen atoms in total. The molecule has 0 spiro atoms. The van der Waals surface area contributed by atoms with Crippen LogP contribution in [0.15, 0.2) is 42.5 Å². The van der Waals surface area contributed by atoms with Gasteiger partial charge in [0.2, 0.25) is 0 Å². The van der Waals surface area contributed by atoms with E-state index in [1.54, 1.807) is 12.1 Å². The summed E-state index contributed by atoms with van der Waals surface area (Å²) in [6.45, 7) is 2.35. The molecule has 2 aromatic rings. The molecule has 0 bridgehead atoms. The third-order valence-corrected chi connectivity index (χ3v) is 2.54. The number of ether oxygens (including phenoxy) is 1. The second kappa shape index (κ2) is 4.87. The van der Waals surface area contributed by atoms with Gasteiger partial charge in [-0.15, -0.1) is 0 Å². The highest BCUT2D eigenvalue weighted by molar-refractivity contribution is 5.47. The highest BCUT2D eigenvalue weighted by Crippen LogP contribution is 2.16. The molecule has 3 heteroatoms. The van der Waals surface area contributed by atoms with E-state index in [9.17, 15) is 4.39 Å². The minimum Gasteiger partial charge on any atom is -0.489 e. The molecule has 2 N–H and O–H groups in total. The molecule has 0 unspecified atom stereocenters. The molecule has 0 aliphatic rings. The summed E-state index contributed by atoms with van der Waals surface area (Å²) in [6.07, 6.45) is 0. The molecule has 2 rings (SSSR count). The van der Waals surface area contributed by atoms with E-state index in [4.69, 9.17) is 10.5 Å². The van der Waals surface area contributed by atoms with Crippen LogP contribution >= 0.6 is 0 Å². The van der Waals surface area contributed by atoms with Gasteiger partial charge >= 0.3 is 0 Å². The van der Waals surface area contributed by atoms with Crippen LogP contribution in [-0.2, 0) is 6.61 Å². The van der Waals surface area contributed by atoms with Gasteiger partial charge in [-0.25, -0.2) is 4.39 Å². The van der Waals surface area contributed by atoms with Crippen LogP contribution in [0.25, 0.3) is 0 Å². The molecule has 0 saturated heterocycles. The van der Waals surface area contributed by atoms with Crippen molar-refractivity contribution in [1.82, 2.24) is 0 Å². The Kier molecular flexibility index (Phi) is 3.28. The molecule has 0 radical (unpaired) electrons. The summed E-state index contributed by atoms with van der Waals surface area (Å²) in [5.41, 5.74) is 8.52. The molecule has 0 atom stereocenters. The Balaban J connectivity index is 2.05. The monoisotopic (exact) mass is 231 g/mol. The third-order valence-electron chi connectivity index (χ3n) is 2.54. The van der Waals surface area contributed by atoms with Crippen molar-refractivity contribution in [3.8, 4) is 5.75 Å². The van der Waals surface area contributed by atoms with Crippen molar-refractivity contribution in [2.45, 2.75) is 13.5 Å². The van der Waals surface area contributed by atoms with Crippen molar-refractivity contribution in [2.75, 3.05) is 5.73 Å². The van der Waals surface area contributed by atoms with Gasteiger partial charge in [0.1, 0.15) is 18.2 Å². The Labute approximate surface area is 99.8 Å². The number of halogens is 1. The summed E-state index contributed by atoms with van der Waals surface area (Å²) in [5.74, 6) is 0.232. The van der Waals surface area contributed by atoms with Crippen molar-refractivity contribution in [2.24, 2.45) is 0 Å². The average Bonchev–Trinajstić information content (AvgIpc) is 2.31. The van der Waals surface area contributed by atoms with E-state index < -0.39 is 0 Å². The zero-order chi connectivity index (χ0) is 12.3. The lowest BCUT2D eigenvalue weighted by Gasteiger charge is -2.08. The first-order chi connectivity index (χ1) is 8.15. The van der Waals surface area contributed by atoms with Crippen LogP contribution < -0.4 is 10.5 Å². The van der Waals surface area contributed by atoms with Crippen molar-refractivity contribution in [3.63, 3.8) is 0 Å². The molecule has 0 saturated carbocycles. The molecular weight excluding hydrogens is 217 g/mol. The van der Waals surface area contributed by atoms with E-state index in [2.05, 4.69) is 0 Å². The van der Waals surface area contributed by atoms with E-state index in [1.807, 2.05) is 25.1 Å². The molecular formula is C14H14FNO. The lowest BCUT2D eigenvalue weighted by molar-refractivity contribution is 0.304. The third kappa shape index (κ3) is 2.97. The standard InChI is InChI=1S/C14H14FNO/c1-10-7-11(5-6-14(10)16)9-17-13-4-2-3-12(15)8-13/h2-8H,9,16H2,1H3. The first kappa shape index (κ1) is 11.5. The van der Waals surface area contributed by atoms with Gasteiger partial charge in [-0.05, 0) is 36.2 Å². The number of nitrogens with two attached hydrogens (primary N) is 1. The normalized spacial score (nSPS) is 10.2. The fraction of sp³-hybridized carbons (Fsp3) is 0.143. The number of aryl methyl sites for hydroxylation is 1. The molecule has 0 fully saturated rings. The second-order valence-electron chi connectivity index (χ2n) is 3.94. The molecule has 0 aliphatic carbocycles. The maximum absolute atomic E-state index is 12.9. The Morgan fingerprint density at radius 2 is 2.00 bits per heavy atom. The maximum atomic E-state index is 12.9. The van der Waals surface area contributed by atoms with Gasteiger partial charge in [0.15, 0.2) is 0 Å². The molecule has 17 heavy (non-hydrogen) atoms. The van der Waals surface area contributed by atoms with E-state index in [0.29, 0.717) is 12.4 Å². The predicted octanol–water partition coefficient (Wildman–Crippen LogP) is 3.30. The Bertz CT molecular complexity index is 525. The lowest BCUT2D eigenvalue weighted by atomic mass is 10.1. The molecule has 0 aromatic heterocycles. The topological polar surface area (TPSA) is 35.2 Å². The van der Waals surface area contributed by atoms with E-state index in [-0.39, 0.29) is 5.82 Å². The largest absolute Gasteiger partial charge is 0.489 e. The van der Waals surface area contributed by atoms with Crippen LogP contribution in [0.4, 0.5) is 10.1 Å². The number of anilines is 1. The fourth-order valence-electron chi connectivity index (χ4n) is 1.55. The molecule has 0 amide bonds. The van der Waals surface area contributed by atoms with Crippen molar-refractivity contribution in [3.05, 3.63) is 59.4 Å². The quantitative estimate of drug-likeness (QED) is 0.822. The number of rotatable bonds is 3. The van der Waals surface area contributed by atoms with E-state index >= 15 is 0 Å². The summed E-state index contributed by atoms with van der Waals surface area (Å²) < 4.78 is 18.4. The number of hydrogen-bond acceptors (Lipinski definition) is 2. The van der Waals surface area contributed by atoms with Gasteiger partial charge < -0.3 is 10.5 Å². The van der Waals surface area contributed by atoms with Gasteiger partial charge in [0.05, 0.1) is 0 Å². The number of nitrogen functional groups attached to an aromatic ring is 1. The minimum absolute atomic E-state index is 0.295. The lowest BCUT2D eigenvalue weighted by Crippen LogP contribution is -1.97. The van der Waals surface area contributed by atoms with Crippen molar-refractivity contribution < 1.29 is 9.13 Å².